The highest BCUT2D eigenvalue weighted by atomic mass is 16.5. The Bertz CT molecular complexity index is 1470. The van der Waals surface area contributed by atoms with Crippen molar-refractivity contribution >= 4 is 17.1 Å². The minimum absolute atomic E-state index is 0.0463. The molecule has 0 radical (unpaired) electrons. The second-order valence-electron chi connectivity index (χ2n) is 9.47. The number of fused-ring (bicyclic) bond motifs is 1. The molecule has 0 N–H and O–H groups in total. The predicted octanol–water partition coefficient (Wildman–Crippen LogP) is 5.29. The number of amides is 1. The topological polar surface area (TPSA) is 63.2 Å². The summed E-state index contributed by atoms with van der Waals surface area (Å²) in [6.45, 7) is 3.62. The Balaban J connectivity index is 1.32. The van der Waals surface area contributed by atoms with Gasteiger partial charge in [0.1, 0.15) is 11.4 Å². The van der Waals surface area contributed by atoms with Crippen molar-refractivity contribution in [1.82, 2.24) is 19.2 Å². The van der Waals surface area contributed by atoms with E-state index in [1.807, 2.05) is 23.1 Å². The molecule has 1 fully saturated rings. The molecule has 1 aliphatic carbocycles. The number of hydrogen-bond donors (Lipinski definition) is 0. The number of furan rings is 1. The van der Waals surface area contributed by atoms with E-state index in [4.69, 9.17) is 14.1 Å². The molecule has 188 valence electrons. The number of imidazole rings is 1. The highest BCUT2D eigenvalue weighted by molar-refractivity contribution is 5.91. The van der Waals surface area contributed by atoms with E-state index >= 15 is 0 Å². The molecule has 0 bridgehead atoms. The van der Waals surface area contributed by atoms with E-state index in [0.29, 0.717) is 18.8 Å². The van der Waals surface area contributed by atoms with Crippen molar-refractivity contribution < 1.29 is 13.9 Å². The number of hydrogen-bond acceptors (Lipinski definition) is 5. The molecule has 7 heteroatoms. The molecule has 1 amide bonds. The van der Waals surface area contributed by atoms with Gasteiger partial charge in [-0.2, -0.15) is 0 Å². The van der Waals surface area contributed by atoms with Crippen molar-refractivity contribution in [3.05, 3.63) is 96.2 Å². The van der Waals surface area contributed by atoms with Gasteiger partial charge in [-0.25, -0.2) is 4.98 Å². The standard InChI is InChI=1S/C30H30N4O3/c1-36-25-10-5-9-23(19-25)29-26(21-32-14-16-33(17-15-32)30(35)27-11-6-18-37-27)34-20-24(12-13-28(34)31-29)22-7-3-2-4-8-22/h3,5-13,18-20H,2,4,14-17,21H2,1H3. The zero-order chi connectivity index (χ0) is 25.2. The van der Waals surface area contributed by atoms with E-state index in [1.54, 1.807) is 25.5 Å². The lowest BCUT2D eigenvalue weighted by Gasteiger charge is -2.34. The summed E-state index contributed by atoms with van der Waals surface area (Å²) >= 11 is 0. The van der Waals surface area contributed by atoms with Crippen LogP contribution in [0.15, 0.2) is 83.6 Å². The zero-order valence-electron chi connectivity index (χ0n) is 21.0. The quantitative estimate of drug-likeness (QED) is 0.364. The van der Waals surface area contributed by atoms with Crippen LogP contribution in [0.3, 0.4) is 0 Å². The highest BCUT2D eigenvalue weighted by Gasteiger charge is 2.25. The molecular formula is C30H30N4O3. The van der Waals surface area contributed by atoms with E-state index in [1.165, 1.54) is 11.1 Å². The van der Waals surface area contributed by atoms with Gasteiger partial charge in [0.2, 0.25) is 0 Å². The number of pyridine rings is 1. The fourth-order valence-electron chi connectivity index (χ4n) is 5.12. The fraction of sp³-hybridized carbons (Fsp3) is 0.267. The summed E-state index contributed by atoms with van der Waals surface area (Å²) in [6, 6.07) is 15.8. The van der Waals surface area contributed by atoms with E-state index in [-0.39, 0.29) is 5.91 Å². The van der Waals surface area contributed by atoms with Gasteiger partial charge in [-0.1, -0.05) is 30.4 Å². The Morgan fingerprint density at radius 1 is 1.03 bits per heavy atom. The lowest BCUT2D eigenvalue weighted by molar-refractivity contribution is 0.0596. The zero-order valence-corrected chi connectivity index (χ0v) is 21.0. The van der Waals surface area contributed by atoms with Crippen molar-refractivity contribution in [3.63, 3.8) is 0 Å². The first kappa shape index (κ1) is 23.3. The van der Waals surface area contributed by atoms with Gasteiger partial charge in [-0.05, 0) is 60.4 Å². The van der Waals surface area contributed by atoms with Crippen LogP contribution in [0.2, 0.25) is 0 Å². The summed E-state index contributed by atoms with van der Waals surface area (Å²) < 4.78 is 13.0. The average molecular weight is 495 g/mol. The number of allylic oxidation sites excluding steroid dienone is 4. The number of aromatic nitrogens is 2. The van der Waals surface area contributed by atoms with Gasteiger partial charge in [0.15, 0.2) is 5.76 Å². The summed E-state index contributed by atoms with van der Waals surface area (Å²) in [7, 11) is 1.69. The molecule has 6 rings (SSSR count). The van der Waals surface area contributed by atoms with Crippen LogP contribution in [-0.2, 0) is 6.54 Å². The summed E-state index contributed by atoms with van der Waals surface area (Å²) in [5, 5.41) is 0. The monoisotopic (exact) mass is 494 g/mol. The molecule has 0 spiro atoms. The molecule has 4 aromatic rings. The lowest BCUT2D eigenvalue weighted by Crippen LogP contribution is -2.48. The molecular weight excluding hydrogens is 464 g/mol. The number of benzene rings is 1. The predicted molar refractivity (Wildman–Crippen MR) is 143 cm³/mol. The van der Waals surface area contributed by atoms with Crippen LogP contribution >= 0.6 is 0 Å². The Morgan fingerprint density at radius 2 is 1.92 bits per heavy atom. The third kappa shape index (κ3) is 4.70. The first-order chi connectivity index (χ1) is 18.2. The van der Waals surface area contributed by atoms with Crippen molar-refractivity contribution in [2.45, 2.75) is 19.4 Å². The SMILES string of the molecule is COc1cccc(-c2nc3ccc(C4=CCCC=C4)cn3c2CN2CCN(C(=O)c3ccco3)CC2)c1. The second kappa shape index (κ2) is 10.1. The van der Waals surface area contributed by atoms with Gasteiger partial charge < -0.3 is 18.5 Å². The largest absolute Gasteiger partial charge is 0.497 e. The van der Waals surface area contributed by atoms with Crippen molar-refractivity contribution in [1.29, 1.82) is 0 Å². The van der Waals surface area contributed by atoms with Gasteiger partial charge in [0.05, 0.1) is 24.8 Å². The van der Waals surface area contributed by atoms with Crippen LogP contribution in [0.4, 0.5) is 0 Å². The van der Waals surface area contributed by atoms with Crippen LogP contribution < -0.4 is 4.74 Å². The van der Waals surface area contributed by atoms with Crippen molar-refractivity contribution in [2.75, 3.05) is 33.3 Å². The normalized spacial score (nSPS) is 16.2. The molecule has 0 atom stereocenters. The molecule has 2 aliphatic rings. The van der Waals surface area contributed by atoms with Gasteiger partial charge in [-0.15, -0.1) is 0 Å². The number of carbonyl (C=O) groups excluding carboxylic acids is 1. The number of ether oxygens (including phenoxy) is 1. The highest BCUT2D eigenvalue weighted by Crippen LogP contribution is 2.30. The van der Waals surface area contributed by atoms with Gasteiger partial charge in [-0.3, -0.25) is 9.69 Å². The number of methoxy groups -OCH3 is 1. The Hall–Kier alpha value is -4.10. The molecule has 1 aliphatic heterocycles. The fourth-order valence-corrected chi connectivity index (χ4v) is 5.12. The molecule has 7 nitrogen and oxygen atoms in total. The maximum Gasteiger partial charge on any atom is 0.289 e. The van der Waals surface area contributed by atoms with Gasteiger partial charge in [0, 0.05) is 44.5 Å². The molecule has 1 saturated heterocycles. The summed E-state index contributed by atoms with van der Waals surface area (Å²) in [6.07, 6.45) is 12.7. The Morgan fingerprint density at radius 3 is 2.68 bits per heavy atom. The summed E-state index contributed by atoms with van der Waals surface area (Å²) in [5.41, 5.74) is 6.48. The van der Waals surface area contributed by atoms with Crippen molar-refractivity contribution in [3.8, 4) is 17.0 Å². The molecule has 0 unspecified atom stereocenters. The van der Waals surface area contributed by atoms with E-state index in [0.717, 1.165) is 60.8 Å². The lowest BCUT2D eigenvalue weighted by atomic mass is 10.0. The first-order valence-electron chi connectivity index (χ1n) is 12.8. The van der Waals surface area contributed by atoms with Crippen LogP contribution in [0.1, 0.15) is 34.7 Å². The molecule has 0 saturated carbocycles. The van der Waals surface area contributed by atoms with Crippen LogP contribution in [0.25, 0.3) is 22.5 Å². The third-order valence-electron chi connectivity index (χ3n) is 7.15. The minimum atomic E-state index is -0.0463. The third-order valence-corrected chi connectivity index (χ3v) is 7.15. The number of carbonyl (C=O) groups is 1. The van der Waals surface area contributed by atoms with Crippen LogP contribution in [-0.4, -0.2) is 58.4 Å². The number of piperazine rings is 1. The Labute approximate surface area is 216 Å². The maximum atomic E-state index is 12.7. The molecule has 4 heterocycles. The van der Waals surface area contributed by atoms with Gasteiger partial charge in [0.25, 0.3) is 5.91 Å². The maximum absolute atomic E-state index is 12.7. The van der Waals surface area contributed by atoms with E-state index in [2.05, 4.69) is 51.9 Å². The Kier molecular flexibility index (Phi) is 6.37. The summed E-state index contributed by atoms with van der Waals surface area (Å²) in [5.74, 6) is 1.16. The smallest absolute Gasteiger partial charge is 0.289 e. The van der Waals surface area contributed by atoms with Crippen LogP contribution in [0, 0.1) is 0 Å². The molecule has 1 aromatic carbocycles. The second-order valence-corrected chi connectivity index (χ2v) is 9.47. The van der Waals surface area contributed by atoms with Crippen LogP contribution in [0.5, 0.6) is 5.75 Å². The molecule has 37 heavy (non-hydrogen) atoms. The summed E-state index contributed by atoms with van der Waals surface area (Å²) in [4.78, 5) is 22.0. The van der Waals surface area contributed by atoms with E-state index in [9.17, 15) is 4.79 Å². The van der Waals surface area contributed by atoms with Crippen molar-refractivity contribution in [2.24, 2.45) is 0 Å². The molecule has 3 aromatic heterocycles. The van der Waals surface area contributed by atoms with Gasteiger partial charge >= 0.3 is 0 Å². The minimum Gasteiger partial charge on any atom is -0.497 e. The number of rotatable bonds is 6. The first-order valence-corrected chi connectivity index (χ1v) is 12.8. The average Bonchev–Trinajstić information content (AvgIpc) is 3.62. The number of nitrogens with zero attached hydrogens (tertiary/aromatic N) is 4. The van der Waals surface area contributed by atoms with E-state index < -0.39 is 0 Å².